The zero-order valence-electron chi connectivity index (χ0n) is 21.4. The van der Waals surface area contributed by atoms with Crippen molar-refractivity contribution in [3.63, 3.8) is 0 Å². The predicted octanol–water partition coefficient (Wildman–Crippen LogP) is 10.1. The van der Waals surface area contributed by atoms with Crippen molar-refractivity contribution in [2.45, 2.75) is 72.3 Å². The number of rotatable bonds is 8. The number of carbonyl (C=O) groups excluding carboxylic acids is 1. The van der Waals surface area contributed by atoms with Gasteiger partial charge in [0.25, 0.3) is 0 Å². The summed E-state index contributed by atoms with van der Waals surface area (Å²) in [4.78, 5) is 13.6. The van der Waals surface area contributed by atoms with Crippen LogP contribution in [0.4, 0.5) is 0 Å². The molecule has 1 unspecified atom stereocenters. The van der Waals surface area contributed by atoms with Gasteiger partial charge in [0.05, 0.1) is 11.0 Å². The van der Waals surface area contributed by atoms with E-state index in [1.165, 1.54) is 41.2 Å². The molecule has 0 aliphatic rings. The van der Waals surface area contributed by atoms with Crippen molar-refractivity contribution in [2.75, 3.05) is 0 Å². The molecule has 4 heteroatoms. The Morgan fingerprint density at radius 2 is 1.60 bits per heavy atom. The highest BCUT2D eigenvalue weighted by molar-refractivity contribution is 9.10. The number of halogens is 2. The number of carbonyl (C=O) groups is 1. The lowest BCUT2D eigenvalue weighted by Gasteiger charge is -2.19. The smallest absolute Gasteiger partial charge is 0.194 e. The number of hydrogen-bond donors (Lipinski definition) is 0. The Kier molecular flexibility index (Phi) is 7.92. The Hall–Kier alpha value is -1.91. The van der Waals surface area contributed by atoms with Crippen LogP contribution < -0.4 is 0 Å². The highest BCUT2D eigenvalue weighted by atomic mass is 79.9. The van der Waals surface area contributed by atoms with Gasteiger partial charge in [-0.05, 0) is 63.5 Å². The first-order valence-corrected chi connectivity index (χ1v) is 14.3. The third kappa shape index (κ3) is 5.44. The van der Waals surface area contributed by atoms with E-state index in [0.717, 1.165) is 32.9 Å². The van der Waals surface area contributed by atoms with E-state index in [9.17, 15) is 4.79 Å². The molecular weight excluding hydrogens is 562 g/mol. The Balaban J connectivity index is 1.82. The van der Waals surface area contributed by atoms with E-state index in [4.69, 9.17) is 0 Å². The molecule has 0 amide bonds. The molecular formula is C31H35Br2NO. The summed E-state index contributed by atoms with van der Waals surface area (Å²) in [5, 5.41) is 2.33. The highest BCUT2D eigenvalue weighted by Gasteiger charge is 2.21. The molecule has 35 heavy (non-hydrogen) atoms. The Labute approximate surface area is 226 Å². The van der Waals surface area contributed by atoms with Crippen LogP contribution in [0.25, 0.3) is 21.8 Å². The minimum atomic E-state index is 0.0478. The molecule has 1 heterocycles. The fourth-order valence-electron chi connectivity index (χ4n) is 4.91. The van der Waals surface area contributed by atoms with Crippen molar-refractivity contribution < 1.29 is 4.79 Å². The molecule has 0 radical (unpaired) electrons. The van der Waals surface area contributed by atoms with Gasteiger partial charge in [-0.25, -0.2) is 0 Å². The number of hydrogen-bond acceptors (Lipinski definition) is 1. The van der Waals surface area contributed by atoms with Crippen LogP contribution in [0.15, 0.2) is 63.5 Å². The van der Waals surface area contributed by atoms with E-state index < -0.39 is 0 Å². The van der Waals surface area contributed by atoms with E-state index in [2.05, 4.69) is 114 Å². The van der Waals surface area contributed by atoms with Crippen LogP contribution in [0, 0.1) is 5.92 Å². The maximum Gasteiger partial charge on any atom is 0.194 e. The van der Waals surface area contributed by atoms with Crippen molar-refractivity contribution in [2.24, 2.45) is 5.92 Å². The minimum absolute atomic E-state index is 0.0478. The number of unbranched alkanes of at least 4 members (excludes halogenated alkanes) is 1. The molecule has 184 valence electrons. The third-order valence-electron chi connectivity index (χ3n) is 7.16. The molecule has 4 aromatic rings. The first-order chi connectivity index (χ1) is 16.6. The molecule has 0 aliphatic carbocycles. The van der Waals surface area contributed by atoms with Gasteiger partial charge in [0.2, 0.25) is 0 Å². The average molecular weight is 597 g/mol. The maximum atomic E-state index is 13.6. The molecule has 0 saturated heterocycles. The lowest BCUT2D eigenvalue weighted by Crippen LogP contribution is -2.11. The number of fused-ring (bicyclic) bond motifs is 3. The quantitative estimate of drug-likeness (QED) is 0.185. The number of nitrogens with zero attached hydrogens (tertiary/aromatic N) is 1. The van der Waals surface area contributed by atoms with Gasteiger partial charge in [-0.15, -0.1) is 0 Å². The SMILES string of the molecule is CCCCC(CC)Cn1c2cc(Br)ccc2c2cc(C(=O)c3ccc(C(C)(C)C)cc3)c(Br)cc21. The Bertz CT molecular complexity index is 1360. The molecule has 4 rings (SSSR count). The largest absolute Gasteiger partial charge is 0.340 e. The lowest BCUT2D eigenvalue weighted by molar-refractivity contribution is 0.103. The summed E-state index contributed by atoms with van der Waals surface area (Å²) in [5.41, 5.74) is 5.11. The fourth-order valence-corrected chi connectivity index (χ4v) is 5.77. The molecule has 0 aliphatic heterocycles. The van der Waals surface area contributed by atoms with Crippen LogP contribution in [-0.4, -0.2) is 10.4 Å². The maximum absolute atomic E-state index is 13.6. The van der Waals surface area contributed by atoms with Gasteiger partial charge in [-0.3, -0.25) is 4.79 Å². The lowest BCUT2D eigenvalue weighted by atomic mass is 9.86. The van der Waals surface area contributed by atoms with Crippen LogP contribution >= 0.6 is 31.9 Å². The first kappa shape index (κ1) is 26.2. The summed E-state index contributed by atoms with van der Waals surface area (Å²) < 4.78 is 4.38. The zero-order chi connectivity index (χ0) is 25.3. The third-order valence-corrected chi connectivity index (χ3v) is 8.31. The summed E-state index contributed by atoms with van der Waals surface area (Å²) in [5.74, 6) is 0.681. The van der Waals surface area contributed by atoms with E-state index in [1.54, 1.807) is 0 Å². The van der Waals surface area contributed by atoms with Crippen LogP contribution in [-0.2, 0) is 12.0 Å². The molecule has 1 atom stereocenters. The molecule has 3 aromatic carbocycles. The normalized spacial score (nSPS) is 13.0. The zero-order valence-corrected chi connectivity index (χ0v) is 24.6. The van der Waals surface area contributed by atoms with E-state index in [-0.39, 0.29) is 11.2 Å². The molecule has 0 fully saturated rings. The van der Waals surface area contributed by atoms with Crippen LogP contribution in [0.1, 0.15) is 81.8 Å². The van der Waals surface area contributed by atoms with Crippen molar-refractivity contribution in [1.82, 2.24) is 4.57 Å². The molecule has 0 saturated carbocycles. The monoisotopic (exact) mass is 595 g/mol. The minimum Gasteiger partial charge on any atom is -0.340 e. The summed E-state index contributed by atoms with van der Waals surface area (Å²) in [6, 6.07) is 18.8. The van der Waals surface area contributed by atoms with Crippen molar-refractivity contribution >= 4 is 59.4 Å². The predicted molar refractivity (Wildman–Crippen MR) is 157 cm³/mol. The number of ketones is 1. The van der Waals surface area contributed by atoms with Gasteiger partial charge in [0, 0.05) is 37.4 Å². The van der Waals surface area contributed by atoms with Crippen LogP contribution in [0.5, 0.6) is 0 Å². The fraction of sp³-hybridized carbons (Fsp3) is 0.387. The van der Waals surface area contributed by atoms with Gasteiger partial charge < -0.3 is 4.57 Å². The topological polar surface area (TPSA) is 22.0 Å². The first-order valence-electron chi connectivity index (χ1n) is 12.7. The van der Waals surface area contributed by atoms with Crippen LogP contribution in [0.3, 0.4) is 0 Å². The van der Waals surface area contributed by atoms with Gasteiger partial charge in [-0.2, -0.15) is 0 Å². The molecule has 1 aromatic heterocycles. The van der Waals surface area contributed by atoms with E-state index in [0.29, 0.717) is 11.5 Å². The summed E-state index contributed by atoms with van der Waals surface area (Å²) in [7, 11) is 0. The van der Waals surface area contributed by atoms with Gasteiger partial charge in [0.1, 0.15) is 0 Å². The van der Waals surface area contributed by atoms with Crippen molar-refractivity contribution in [3.05, 3.63) is 80.2 Å². The second-order valence-electron chi connectivity index (χ2n) is 10.7. The van der Waals surface area contributed by atoms with Crippen molar-refractivity contribution in [3.8, 4) is 0 Å². The summed E-state index contributed by atoms with van der Waals surface area (Å²) >= 11 is 7.42. The average Bonchev–Trinajstić information content (AvgIpc) is 3.11. The molecule has 0 bridgehead atoms. The van der Waals surface area contributed by atoms with Crippen LogP contribution in [0.2, 0.25) is 0 Å². The van der Waals surface area contributed by atoms with Gasteiger partial charge >= 0.3 is 0 Å². The van der Waals surface area contributed by atoms with Gasteiger partial charge in [-0.1, -0.05) is 100 Å². The second kappa shape index (κ2) is 10.6. The highest BCUT2D eigenvalue weighted by Crippen LogP contribution is 2.36. The van der Waals surface area contributed by atoms with Gasteiger partial charge in [0.15, 0.2) is 5.78 Å². The second-order valence-corrected chi connectivity index (χ2v) is 12.5. The van der Waals surface area contributed by atoms with E-state index in [1.807, 2.05) is 12.1 Å². The van der Waals surface area contributed by atoms with Crippen molar-refractivity contribution in [1.29, 1.82) is 0 Å². The summed E-state index contributed by atoms with van der Waals surface area (Å²) in [6.45, 7) is 12.1. The number of aromatic nitrogens is 1. The molecule has 0 spiro atoms. The van der Waals surface area contributed by atoms with E-state index >= 15 is 0 Å². The standard InChI is InChI=1S/C31H35Br2NO/c1-6-8-9-20(7-2)19-34-28-16-23(32)14-15-24(28)25-17-26(27(33)18-29(25)34)30(35)21-10-12-22(13-11-21)31(3,4)5/h10-18,20H,6-9,19H2,1-5H3. The Morgan fingerprint density at radius 3 is 2.23 bits per heavy atom. The molecule has 0 N–H and O–H groups in total. The summed E-state index contributed by atoms with van der Waals surface area (Å²) in [6.07, 6.45) is 4.89. The molecule has 2 nitrogen and oxygen atoms in total. The Morgan fingerprint density at radius 1 is 0.914 bits per heavy atom. The number of benzene rings is 3.